The van der Waals surface area contributed by atoms with Crippen molar-refractivity contribution in [3.8, 4) is 0 Å². The van der Waals surface area contributed by atoms with Gasteiger partial charge in [-0.2, -0.15) is 0 Å². The minimum absolute atomic E-state index is 0.0716. The van der Waals surface area contributed by atoms with Crippen molar-refractivity contribution in [3.63, 3.8) is 0 Å². The summed E-state index contributed by atoms with van der Waals surface area (Å²) in [7, 11) is 6.10. The van der Waals surface area contributed by atoms with Crippen molar-refractivity contribution in [2.24, 2.45) is 7.05 Å². The molecular weight excluding hydrogens is 292 g/mol. The van der Waals surface area contributed by atoms with Gasteiger partial charge in [-0.15, -0.1) is 0 Å². The summed E-state index contributed by atoms with van der Waals surface area (Å²) in [6.07, 6.45) is 6.90. The van der Waals surface area contributed by atoms with Crippen LogP contribution in [-0.4, -0.2) is 75.5 Å². The van der Waals surface area contributed by atoms with E-state index in [1.807, 2.05) is 39.0 Å². The number of likely N-dealkylation sites (N-methyl/N-ethyl adjacent to an activating group) is 1. The van der Waals surface area contributed by atoms with Gasteiger partial charge in [-0.25, -0.2) is 4.98 Å². The van der Waals surface area contributed by atoms with Crippen molar-refractivity contribution in [3.05, 3.63) is 18.2 Å². The topological polar surface area (TPSA) is 53.8 Å². The lowest BCUT2D eigenvalue weighted by molar-refractivity contribution is -0.207. The van der Waals surface area contributed by atoms with Gasteiger partial charge in [0, 0.05) is 38.9 Å². The standard InChI is InChI=1S/C17H30N4O2/c1-16(22)12-23-17(9-15(16)19(2)3)5-7-21(8-6-17)11-14-10-20(4)13-18-14/h10,13,15,22H,5-9,11-12H2,1-4H3/t15-,16-/m0/s1. The predicted octanol–water partition coefficient (Wildman–Crippen LogP) is 0.856. The number of nitrogens with zero attached hydrogens (tertiary/aromatic N) is 4. The zero-order valence-electron chi connectivity index (χ0n) is 14.8. The molecule has 2 aliphatic rings. The van der Waals surface area contributed by atoms with Gasteiger partial charge in [-0.05, 0) is 40.3 Å². The van der Waals surface area contributed by atoms with Crippen LogP contribution in [0.1, 0.15) is 31.9 Å². The molecule has 3 rings (SSSR count). The molecule has 2 fully saturated rings. The molecule has 1 aromatic heterocycles. The minimum atomic E-state index is -0.764. The molecule has 130 valence electrons. The van der Waals surface area contributed by atoms with E-state index in [0.29, 0.717) is 6.61 Å². The Morgan fingerprint density at radius 2 is 2.09 bits per heavy atom. The van der Waals surface area contributed by atoms with Gasteiger partial charge < -0.3 is 19.3 Å². The number of rotatable bonds is 3. The fourth-order valence-corrected chi connectivity index (χ4v) is 4.01. The molecule has 0 radical (unpaired) electrons. The smallest absolute Gasteiger partial charge is 0.101 e. The van der Waals surface area contributed by atoms with Crippen LogP contribution in [0.4, 0.5) is 0 Å². The molecule has 1 spiro atoms. The summed E-state index contributed by atoms with van der Waals surface area (Å²) in [6, 6.07) is 0.151. The fourth-order valence-electron chi connectivity index (χ4n) is 4.01. The van der Waals surface area contributed by atoms with Crippen molar-refractivity contribution >= 4 is 0 Å². The highest BCUT2D eigenvalue weighted by Gasteiger charge is 2.48. The molecule has 3 heterocycles. The second kappa shape index (κ2) is 6.16. The summed E-state index contributed by atoms with van der Waals surface area (Å²) < 4.78 is 8.18. The summed E-state index contributed by atoms with van der Waals surface area (Å²) in [6.45, 7) is 5.28. The number of aromatic nitrogens is 2. The highest BCUT2D eigenvalue weighted by atomic mass is 16.5. The number of hydrogen-bond acceptors (Lipinski definition) is 5. The maximum absolute atomic E-state index is 10.6. The summed E-state index contributed by atoms with van der Waals surface area (Å²) in [5.74, 6) is 0. The van der Waals surface area contributed by atoms with Gasteiger partial charge in [-0.1, -0.05) is 0 Å². The van der Waals surface area contributed by atoms with E-state index >= 15 is 0 Å². The molecule has 1 N–H and O–H groups in total. The Kier molecular flexibility index (Phi) is 4.53. The van der Waals surface area contributed by atoms with Gasteiger partial charge in [-0.3, -0.25) is 4.90 Å². The lowest BCUT2D eigenvalue weighted by Gasteiger charge is -2.52. The van der Waals surface area contributed by atoms with Gasteiger partial charge in [0.05, 0.1) is 24.2 Å². The molecule has 2 saturated heterocycles. The first-order valence-corrected chi connectivity index (χ1v) is 8.52. The molecule has 0 aromatic carbocycles. The first-order chi connectivity index (χ1) is 10.8. The number of piperidine rings is 1. The molecule has 0 aliphatic carbocycles. The third-order valence-corrected chi connectivity index (χ3v) is 5.49. The molecule has 1 aromatic rings. The average Bonchev–Trinajstić information content (AvgIpc) is 2.89. The molecule has 2 aliphatic heterocycles. The van der Waals surface area contributed by atoms with Gasteiger partial charge in [0.2, 0.25) is 0 Å². The van der Waals surface area contributed by atoms with Gasteiger partial charge in [0.25, 0.3) is 0 Å². The normalized spacial score (nSPS) is 31.8. The maximum atomic E-state index is 10.6. The Bertz CT molecular complexity index is 532. The van der Waals surface area contributed by atoms with E-state index in [2.05, 4.69) is 21.0 Å². The molecule has 6 heteroatoms. The Morgan fingerprint density at radius 1 is 1.39 bits per heavy atom. The van der Waals surface area contributed by atoms with Crippen LogP contribution in [0.2, 0.25) is 0 Å². The highest BCUT2D eigenvalue weighted by Crippen LogP contribution is 2.39. The molecule has 0 saturated carbocycles. The Labute approximate surface area is 139 Å². The van der Waals surface area contributed by atoms with Crippen molar-refractivity contribution in [1.29, 1.82) is 0 Å². The van der Waals surface area contributed by atoms with Crippen LogP contribution in [-0.2, 0) is 18.3 Å². The number of hydrogen-bond donors (Lipinski definition) is 1. The van der Waals surface area contributed by atoms with Crippen LogP contribution in [0.15, 0.2) is 12.5 Å². The highest BCUT2D eigenvalue weighted by molar-refractivity contribution is 5.03. The average molecular weight is 322 g/mol. The van der Waals surface area contributed by atoms with Gasteiger partial charge >= 0.3 is 0 Å². The van der Waals surface area contributed by atoms with Crippen LogP contribution in [0, 0.1) is 0 Å². The number of imidazole rings is 1. The first kappa shape index (κ1) is 16.9. The zero-order chi connectivity index (χ0) is 16.7. The monoisotopic (exact) mass is 322 g/mol. The Hall–Kier alpha value is -0.950. The van der Waals surface area contributed by atoms with E-state index in [0.717, 1.165) is 44.6 Å². The summed E-state index contributed by atoms with van der Waals surface area (Å²) in [5, 5.41) is 10.6. The zero-order valence-corrected chi connectivity index (χ0v) is 14.8. The van der Waals surface area contributed by atoms with E-state index in [1.54, 1.807) is 0 Å². The van der Waals surface area contributed by atoms with E-state index in [9.17, 15) is 5.11 Å². The molecule has 0 amide bonds. The maximum Gasteiger partial charge on any atom is 0.101 e. The minimum Gasteiger partial charge on any atom is -0.386 e. The quantitative estimate of drug-likeness (QED) is 0.894. The Balaban J connectivity index is 1.59. The predicted molar refractivity (Wildman–Crippen MR) is 89.1 cm³/mol. The van der Waals surface area contributed by atoms with Crippen LogP contribution in [0.25, 0.3) is 0 Å². The third-order valence-electron chi connectivity index (χ3n) is 5.49. The SMILES string of the molecule is CN(C)[C@H]1CC2(CCN(Cc3cn(C)cn3)CC2)OC[C@]1(C)O. The lowest BCUT2D eigenvalue weighted by atomic mass is 9.77. The van der Waals surface area contributed by atoms with E-state index in [4.69, 9.17) is 4.74 Å². The molecule has 0 unspecified atom stereocenters. The molecule has 2 atom stereocenters. The van der Waals surface area contributed by atoms with Crippen LogP contribution < -0.4 is 0 Å². The van der Waals surface area contributed by atoms with Gasteiger partial charge in [0.15, 0.2) is 0 Å². The van der Waals surface area contributed by atoms with Crippen molar-refractivity contribution < 1.29 is 9.84 Å². The number of ether oxygens (including phenoxy) is 1. The number of aliphatic hydroxyl groups is 1. The lowest BCUT2D eigenvalue weighted by Crippen LogP contribution is -2.62. The number of aryl methyl sites for hydroxylation is 1. The largest absolute Gasteiger partial charge is 0.386 e. The van der Waals surface area contributed by atoms with Crippen LogP contribution >= 0.6 is 0 Å². The molecular formula is C17H30N4O2. The second-order valence-electron chi connectivity index (χ2n) is 7.82. The van der Waals surface area contributed by atoms with Crippen molar-refractivity contribution in [2.75, 3.05) is 33.8 Å². The Morgan fingerprint density at radius 3 is 2.65 bits per heavy atom. The van der Waals surface area contributed by atoms with Gasteiger partial charge in [0.1, 0.15) is 5.60 Å². The first-order valence-electron chi connectivity index (χ1n) is 8.52. The summed E-state index contributed by atoms with van der Waals surface area (Å²) >= 11 is 0. The van der Waals surface area contributed by atoms with Crippen LogP contribution in [0.3, 0.4) is 0 Å². The van der Waals surface area contributed by atoms with Crippen LogP contribution in [0.5, 0.6) is 0 Å². The van der Waals surface area contributed by atoms with E-state index in [-0.39, 0.29) is 11.6 Å². The van der Waals surface area contributed by atoms with E-state index < -0.39 is 5.60 Å². The molecule has 23 heavy (non-hydrogen) atoms. The fraction of sp³-hybridized carbons (Fsp3) is 0.824. The van der Waals surface area contributed by atoms with E-state index in [1.165, 1.54) is 0 Å². The second-order valence-corrected chi connectivity index (χ2v) is 7.82. The van der Waals surface area contributed by atoms with Crippen molar-refractivity contribution in [1.82, 2.24) is 19.4 Å². The molecule has 6 nitrogen and oxygen atoms in total. The van der Waals surface area contributed by atoms with Crippen molar-refractivity contribution in [2.45, 2.75) is 50.0 Å². The number of likely N-dealkylation sites (tertiary alicyclic amines) is 1. The summed E-state index contributed by atoms with van der Waals surface area (Å²) in [5.41, 5.74) is 0.291. The molecule has 0 bridgehead atoms. The summed E-state index contributed by atoms with van der Waals surface area (Å²) in [4.78, 5) is 9.01. The third kappa shape index (κ3) is 3.60.